The minimum atomic E-state index is 0.0667. The van der Waals surface area contributed by atoms with Gasteiger partial charge in [-0.1, -0.05) is 23.7 Å². The van der Waals surface area contributed by atoms with Gasteiger partial charge >= 0.3 is 0 Å². The molecule has 0 radical (unpaired) electrons. The molecule has 0 saturated carbocycles. The Morgan fingerprint density at radius 1 is 1.35 bits per heavy atom. The van der Waals surface area contributed by atoms with E-state index in [4.69, 9.17) is 21.1 Å². The zero-order valence-corrected chi connectivity index (χ0v) is 13.8. The van der Waals surface area contributed by atoms with Crippen LogP contribution in [0.25, 0.3) is 0 Å². The maximum Gasteiger partial charge on any atom is 0.155 e. The molecular formula is C17H20ClN3O2. The molecule has 1 atom stereocenters. The summed E-state index contributed by atoms with van der Waals surface area (Å²) in [5, 5.41) is 4.04. The van der Waals surface area contributed by atoms with Crippen molar-refractivity contribution in [3.05, 3.63) is 52.6 Å². The summed E-state index contributed by atoms with van der Waals surface area (Å²) in [6.45, 7) is 4.98. The average Bonchev–Trinajstić information content (AvgIpc) is 2.59. The number of halogens is 1. The number of rotatable bonds is 5. The molecule has 0 unspecified atom stereocenters. The third-order valence-electron chi connectivity index (χ3n) is 3.72. The number of morpholine rings is 1. The zero-order valence-electron chi connectivity index (χ0n) is 13.1. The third-order valence-corrected chi connectivity index (χ3v) is 4.07. The van der Waals surface area contributed by atoms with Crippen LogP contribution in [-0.4, -0.2) is 36.3 Å². The Balaban J connectivity index is 1.70. The van der Waals surface area contributed by atoms with E-state index >= 15 is 0 Å². The highest BCUT2D eigenvalue weighted by molar-refractivity contribution is 6.31. The van der Waals surface area contributed by atoms with Gasteiger partial charge in [0.05, 0.1) is 31.7 Å². The molecule has 23 heavy (non-hydrogen) atoms. The summed E-state index contributed by atoms with van der Waals surface area (Å²) in [5.74, 6) is 1.40. The standard InChI is InChI=1S/C17H20ClN3O2/c1-2-22-14-9-20-17(21-10-14)8-12-3-4-13(7-15(12)18)16-11-19-5-6-23-16/h3-4,7,9-10,16,19H,2,5-6,8,11H2,1H3/t16-/m0/s1. The Labute approximate surface area is 141 Å². The van der Waals surface area contributed by atoms with E-state index in [0.29, 0.717) is 23.8 Å². The van der Waals surface area contributed by atoms with Crippen LogP contribution in [0.15, 0.2) is 30.6 Å². The molecule has 1 fully saturated rings. The van der Waals surface area contributed by atoms with Crippen molar-refractivity contribution >= 4 is 11.6 Å². The Bertz CT molecular complexity index is 643. The fraction of sp³-hybridized carbons (Fsp3) is 0.412. The first-order chi connectivity index (χ1) is 11.3. The Morgan fingerprint density at radius 2 is 2.17 bits per heavy atom. The van der Waals surface area contributed by atoms with Crippen LogP contribution in [0.4, 0.5) is 0 Å². The molecule has 1 aliphatic rings. The molecule has 1 N–H and O–H groups in total. The first-order valence-electron chi connectivity index (χ1n) is 7.80. The zero-order chi connectivity index (χ0) is 16.1. The maximum absolute atomic E-state index is 6.42. The Kier molecular flexibility index (Phi) is 5.43. The molecular weight excluding hydrogens is 314 g/mol. The lowest BCUT2D eigenvalue weighted by Gasteiger charge is -2.24. The van der Waals surface area contributed by atoms with Crippen molar-refractivity contribution < 1.29 is 9.47 Å². The molecule has 2 aromatic rings. The molecule has 6 heteroatoms. The monoisotopic (exact) mass is 333 g/mol. The molecule has 2 heterocycles. The quantitative estimate of drug-likeness (QED) is 0.911. The first kappa shape index (κ1) is 16.2. The topological polar surface area (TPSA) is 56.3 Å². The Hall–Kier alpha value is -1.69. The van der Waals surface area contributed by atoms with Crippen molar-refractivity contribution in [3.63, 3.8) is 0 Å². The second-order valence-corrected chi connectivity index (χ2v) is 5.77. The van der Waals surface area contributed by atoms with Crippen molar-refractivity contribution in [1.29, 1.82) is 0 Å². The SMILES string of the molecule is CCOc1cnc(Cc2ccc([C@@H]3CNCCO3)cc2Cl)nc1. The first-order valence-corrected chi connectivity index (χ1v) is 8.18. The van der Waals surface area contributed by atoms with Crippen molar-refractivity contribution in [1.82, 2.24) is 15.3 Å². The summed E-state index contributed by atoms with van der Waals surface area (Å²) in [6, 6.07) is 6.06. The second-order valence-electron chi connectivity index (χ2n) is 5.36. The van der Waals surface area contributed by atoms with E-state index in [-0.39, 0.29) is 6.10 Å². The molecule has 1 aromatic carbocycles. The molecule has 0 spiro atoms. The van der Waals surface area contributed by atoms with Crippen LogP contribution in [0.1, 0.15) is 30.0 Å². The number of hydrogen-bond acceptors (Lipinski definition) is 5. The lowest BCUT2D eigenvalue weighted by Crippen LogP contribution is -2.33. The summed E-state index contributed by atoms with van der Waals surface area (Å²) in [4.78, 5) is 8.63. The number of nitrogens with one attached hydrogen (secondary N) is 1. The average molecular weight is 334 g/mol. The number of ether oxygens (including phenoxy) is 2. The summed E-state index contributed by atoms with van der Waals surface area (Å²) in [5.41, 5.74) is 2.10. The van der Waals surface area contributed by atoms with Crippen LogP contribution in [0.2, 0.25) is 5.02 Å². The van der Waals surface area contributed by atoms with Gasteiger partial charge in [-0.2, -0.15) is 0 Å². The number of benzene rings is 1. The van der Waals surface area contributed by atoms with E-state index in [0.717, 1.165) is 36.6 Å². The maximum atomic E-state index is 6.42. The highest BCUT2D eigenvalue weighted by Gasteiger charge is 2.17. The number of hydrogen-bond donors (Lipinski definition) is 1. The number of aromatic nitrogens is 2. The molecule has 3 rings (SSSR count). The van der Waals surface area contributed by atoms with Gasteiger partial charge in [-0.3, -0.25) is 0 Å². The molecule has 1 saturated heterocycles. The second kappa shape index (κ2) is 7.73. The van der Waals surface area contributed by atoms with E-state index in [2.05, 4.69) is 21.4 Å². The normalized spacial score (nSPS) is 17.9. The van der Waals surface area contributed by atoms with Crippen molar-refractivity contribution in [3.8, 4) is 5.75 Å². The van der Waals surface area contributed by atoms with Gasteiger partial charge in [0.1, 0.15) is 5.82 Å². The highest BCUT2D eigenvalue weighted by Crippen LogP contribution is 2.26. The van der Waals surface area contributed by atoms with Crippen LogP contribution in [0.5, 0.6) is 5.75 Å². The summed E-state index contributed by atoms with van der Waals surface area (Å²) in [6.07, 6.45) is 4.04. The lowest BCUT2D eigenvalue weighted by molar-refractivity contribution is 0.0277. The van der Waals surface area contributed by atoms with Gasteiger partial charge in [0.25, 0.3) is 0 Å². The van der Waals surface area contributed by atoms with E-state index in [9.17, 15) is 0 Å². The molecule has 122 valence electrons. The van der Waals surface area contributed by atoms with Gasteiger partial charge < -0.3 is 14.8 Å². The van der Waals surface area contributed by atoms with Gasteiger partial charge in [0.2, 0.25) is 0 Å². The van der Waals surface area contributed by atoms with Crippen molar-refractivity contribution in [2.45, 2.75) is 19.4 Å². The Morgan fingerprint density at radius 3 is 2.83 bits per heavy atom. The van der Waals surface area contributed by atoms with Gasteiger partial charge in [0.15, 0.2) is 5.75 Å². The van der Waals surface area contributed by atoms with Crippen molar-refractivity contribution in [2.75, 3.05) is 26.3 Å². The van der Waals surface area contributed by atoms with Crippen LogP contribution in [0.3, 0.4) is 0 Å². The lowest BCUT2D eigenvalue weighted by atomic mass is 10.0. The van der Waals surface area contributed by atoms with Gasteiger partial charge in [0, 0.05) is 24.5 Å². The molecule has 0 amide bonds. The summed E-state index contributed by atoms with van der Waals surface area (Å²) in [7, 11) is 0. The molecule has 1 aromatic heterocycles. The highest BCUT2D eigenvalue weighted by atomic mass is 35.5. The predicted molar refractivity (Wildman–Crippen MR) is 89.0 cm³/mol. The minimum Gasteiger partial charge on any atom is -0.491 e. The van der Waals surface area contributed by atoms with E-state index < -0.39 is 0 Å². The minimum absolute atomic E-state index is 0.0667. The van der Waals surface area contributed by atoms with E-state index in [1.54, 1.807) is 12.4 Å². The van der Waals surface area contributed by atoms with E-state index in [1.807, 2.05) is 19.1 Å². The molecule has 0 aliphatic carbocycles. The van der Waals surface area contributed by atoms with Crippen LogP contribution in [0, 0.1) is 0 Å². The summed E-state index contributed by atoms with van der Waals surface area (Å²) >= 11 is 6.42. The predicted octanol–water partition coefficient (Wildman–Crippen LogP) is 2.78. The van der Waals surface area contributed by atoms with E-state index in [1.165, 1.54) is 0 Å². The molecule has 5 nitrogen and oxygen atoms in total. The van der Waals surface area contributed by atoms with Crippen LogP contribution in [-0.2, 0) is 11.2 Å². The molecule has 1 aliphatic heterocycles. The third kappa shape index (κ3) is 4.19. The molecule has 0 bridgehead atoms. The van der Waals surface area contributed by atoms with Gasteiger partial charge in [-0.05, 0) is 24.1 Å². The van der Waals surface area contributed by atoms with Crippen molar-refractivity contribution in [2.24, 2.45) is 0 Å². The van der Waals surface area contributed by atoms with Gasteiger partial charge in [-0.25, -0.2) is 9.97 Å². The number of nitrogens with zero attached hydrogens (tertiary/aromatic N) is 2. The smallest absolute Gasteiger partial charge is 0.155 e. The summed E-state index contributed by atoms with van der Waals surface area (Å²) < 4.78 is 11.1. The fourth-order valence-electron chi connectivity index (χ4n) is 2.53. The van der Waals surface area contributed by atoms with Gasteiger partial charge in [-0.15, -0.1) is 0 Å². The van der Waals surface area contributed by atoms with Crippen LogP contribution < -0.4 is 10.1 Å². The van der Waals surface area contributed by atoms with Crippen LogP contribution >= 0.6 is 11.6 Å². The fourth-order valence-corrected chi connectivity index (χ4v) is 2.79. The largest absolute Gasteiger partial charge is 0.491 e.